The first-order valence-electron chi connectivity index (χ1n) is 6.51. The van der Waals surface area contributed by atoms with Crippen LogP contribution in [0.15, 0.2) is 0 Å². The number of ether oxygens (including phenoxy) is 1. The van der Waals surface area contributed by atoms with Gasteiger partial charge in [0.25, 0.3) is 0 Å². The molecule has 1 heterocycles. The molecule has 0 aromatic carbocycles. The lowest BCUT2D eigenvalue weighted by atomic mass is 9.80. The molecule has 0 amide bonds. The summed E-state index contributed by atoms with van der Waals surface area (Å²) in [7, 11) is 1.78. The Morgan fingerprint density at radius 1 is 1.31 bits per heavy atom. The van der Waals surface area contributed by atoms with Crippen LogP contribution in [-0.4, -0.2) is 50.8 Å². The average molecular weight is 228 g/mol. The fourth-order valence-corrected chi connectivity index (χ4v) is 2.41. The highest BCUT2D eigenvalue weighted by Crippen LogP contribution is 2.29. The van der Waals surface area contributed by atoms with E-state index >= 15 is 0 Å². The Kier molecular flexibility index (Phi) is 5.73. The minimum atomic E-state index is 0.489. The predicted octanol–water partition coefficient (Wildman–Crippen LogP) is 1.73. The van der Waals surface area contributed by atoms with Gasteiger partial charge in [-0.2, -0.15) is 0 Å². The van der Waals surface area contributed by atoms with Crippen molar-refractivity contribution in [1.29, 1.82) is 0 Å². The molecule has 1 rings (SSSR count). The normalized spacial score (nSPS) is 20.6. The third-order valence-corrected chi connectivity index (χ3v) is 3.71. The highest BCUT2D eigenvalue weighted by molar-refractivity contribution is 4.84. The maximum atomic E-state index is 5.19. The van der Waals surface area contributed by atoms with E-state index in [2.05, 4.69) is 31.0 Å². The van der Waals surface area contributed by atoms with Crippen molar-refractivity contribution < 1.29 is 4.74 Å². The second-order valence-corrected chi connectivity index (χ2v) is 5.62. The molecular weight excluding hydrogens is 200 g/mol. The van der Waals surface area contributed by atoms with Crippen LogP contribution in [0.4, 0.5) is 0 Å². The van der Waals surface area contributed by atoms with Gasteiger partial charge in [0.1, 0.15) is 0 Å². The standard InChI is InChI=1S/C13H28N2O/c1-12(2)15(9-10-16-4)11-13(3)5-7-14-8-6-13/h12,14H,5-11H2,1-4H3. The molecule has 1 N–H and O–H groups in total. The first-order valence-corrected chi connectivity index (χ1v) is 6.51. The quantitative estimate of drug-likeness (QED) is 0.749. The van der Waals surface area contributed by atoms with Crippen LogP contribution in [0, 0.1) is 5.41 Å². The summed E-state index contributed by atoms with van der Waals surface area (Å²) in [6, 6.07) is 0.613. The van der Waals surface area contributed by atoms with Crippen LogP contribution < -0.4 is 5.32 Å². The minimum Gasteiger partial charge on any atom is -0.383 e. The van der Waals surface area contributed by atoms with Gasteiger partial charge in [-0.25, -0.2) is 0 Å². The van der Waals surface area contributed by atoms with Gasteiger partial charge < -0.3 is 10.1 Å². The second-order valence-electron chi connectivity index (χ2n) is 5.62. The summed E-state index contributed by atoms with van der Waals surface area (Å²) in [6.07, 6.45) is 2.59. The van der Waals surface area contributed by atoms with E-state index in [0.717, 1.165) is 13.2 Å². The summed E-state index contributed by atoms with van der Waals surface area (Å²) >= 11 is 0. The third kappa shape index (κ3) is 4.40. The van der Waals surface area contributed by atoms with Crippen molar-refractivity contribution in [2.45, 2.75) is 39.7 Å². The lowest BCUT2D eigenvalue weighted by molar-refractivity contribution is 0.0755. The van der Waals surface area contributed by atoms with Crippen molar-refractivity contribution in [2.75, 3.05) is 39.9 Å². The van der Waals surface area contributed by atoms with Crippen LogP contribution in [0.1, 0.15) is 33.6 Å². The Hall–Kier alpha value is -0.120. The first kappa shape index (κ1) is 13.9. The fourth-order valence-electron chi connectivity index (χ4n) is 2.41. The zero-order valence-corrected chi connectivity index (χ0v) is 11.4. The van der Waals surface area contributed by atoms with Gasteiger partial charge in [-0.1, -0.05) is 6.92 Å². The molecule has 0 aromatic heterocycles. The molecule has 0 atom stereocenters. The van der Waals surface area contributed by atoms with Crippen LogP contribution in [0.5, 0.6) is 0 Å². The van der Waals surface area contributed by atoms with Gasteiger partial charge >= 0.3 is 0 Å². The lowest BCUT2D eigenvalue weighted by Crippen LogP contribution is -2.46. The van der Waals surface area contributed by atoms with Gasteiger partial charge in [-0.15, -0.1) is 0 Å². The Bertz CT molecular complexity index is 188. The van der Waals surface area contributed by atoms with Crippen LogP contribution in [0.3, 0.4) is 0 Å². The lowest BCUT2D eigenvalue weighted by Gasteiger charge is -2.40. The summed E-state index contributed by atoms with van der Waals surface area (Å²) in [6.45, 7) is 12.4. The Balaban J connectivity index is 2.45. The molecular formula is C13H28N2O. The highest BCUT2D eigenvalue weighted by atomic mass is 16.5. The summed E-state index contributed by atoms with van der Waals surface area (Å²) in [5.74, 6) is 0. The zero-order chi connectivity index (χ0) is 12.0. The molecule has 1 aliphatic rings. The van der Waals surface area contributed by atoms with Gasteiger partial charge in [0.2, 0.25) is 0 Å². The molecule has 96 valence electrons. The van der Waals surface area contributed by atoms with E-state index < -0.39 is 0 Å². The number of rotatable bonds is 6. The molecule has 0 aromatic rings. The van der Waals surface area contributed by atoms with Crippen LogP contribution in [0.2, 0.25) is 0 Å². The van der Waals surface area contributed by atoms with Gasteiger partial charge in [0.05, 0.1) is 6.61 Å². The predicted molar refractivity (Wildman–Crippen MR) is 68.8 cm³/mol. The largest absolute Gasteiger partial charge is 0.383 e. The number of methoxy groups -OCH3 is 1. The Morgan fingerprint density at radius 3 is 2.44 bits per heavy atom. The number of nitrogens with zero attached hydrogens (tertiary/aromatic N) is 1. The highest BCUT2D eigenvalue weighted by Gasteiger charge is 2.29. The minimum absolute atomic E-state index is 0.489. The summed E-state index contributed by atoms with van der Waals surface area (Å²) in [5.41, 5.74) is 0.489. The SMILES string of the molecule is COCCN(CC1(C)CCNCC1)C(C)C. The van der Waals surface area contributed by atoms with Gasteiger partial charge in [-0.05, 0) is 45.2 Å². The summed E-state index contributed by atoms with van der Waals surface area (Å²) < 4.78 is 5.19. The summed E-state index contributed by atoms with van der Waals surface area (Å²) in [5, 5.41) is 3.44. The first-order chi connectivity index (χ1) is 7.57. The molecule has 0 saturated carbocycles. The maximum absolute atomic E-state index is 5.19. The number of nitrogens with one attached hydrogen (secondary N) is 1. The molecule has 0 unspecified atom stereocenters. The topological polar surface area (TPSA) is 24.5 Å². The van der Waals surface area contributed by atoms with Crippen molar-refractivity contribution in [2.24, 2.45) is 5.41 Å². The van der Waals surface area contributed by atoms with E-state index in [4.69, 9.17) is 4.74 Å². The van der Waals surface area contributed by atoms with E-state index in [1.54, 1.807) is 7.11 Å². The molecule has 1 saturated heterocycles. The van der Waals surface area contributed by atoms with E-state index in [1.807, 2.05) is 0 Å². The Morgan fingerprint density at radius 2 is 1.94 bits per heavy atom. The van der Waals surface area contributed by atoms with E-state index in [-0.39, 0.29) is 0 Å². The van der Waals surface area contributed by atoms with E-state index in [9.17, 15) is 0 Å². The molecule has 3 heteroatoms. The van der Waals surface area contributed by atoms with Crippen molar-refractivity contribution in [1.82, 2.24) is 10.2 Å². The number of piperidine rings is 1. The van der Waals surface area contributed by atoms with Crippen molar-refractivity contribution in [3.8, 4) is 0 Å². The molecule has 0 aliphatic carbocycles. The number of hydrogen-bond donors (Lipinski definition) is 1. The zero-order valence-electron chi connectivity index (χ0n) is 11.4. The Labute approximate surface area is 101 Å². The van der Waals surface area contributed by atoms with Crippen molar-refractivity contribution >= 4 is 0 Å². The molecule has 1 aliphatic heterocycles. The van der Waals surface area contributed by atoms with Gasteiger partial charge in [0.15, 0.2) is 0 Å². The van der Waals surface area contributed by atoms with Gasteiger partial charge in [0, 0.05) is 26.2 Å². The summed E-state index contributed by atoms with van der Waals surface area (Å²) in [4.78, 5) is 2.55. The third-order valence-electron chi connectivity index (χ3n) is 3.71. The molecule has 0 radical (unpaired) electrons. The van der Waals surface area contributed by atoms with Crippen LogP contribution in [0.25, 0.3) is 0 Å². The molecule has 0 bridgehead atoms. The van der Waals surface area contributed by atoms with Crippen LogP contribution >= 0.6 is 0 Å². The molecule has 16 heavy (non-hydrogen) atoms. The number of hydrogen-bond acceptors (Lipinski definition) is 3. The molecule has 1 fully saturated rings. The molecule has 3 nitrogen and oxygen atoms in total. The maximum Gasteiger partial charge on any atom is 0.0589 e. The second kappa shape index (κ2) is 6.58. The van der Waals surface area contributed by atoms with Crippen molar-refractivity contribution in [3.63, 3.8) is 0 Å². The van der Waals surface area contributed by atoms with Gasteiger partial charge in [-0.3, -0.25) is 4.90 Å². The van der Waals surface area contributed by atoms with E-state index in [0.29, 0.717) is 11.5 Å². The molecule has 0 spiro atoms. The average Bonchev–Trinajstić information content (AvgIpc) is 2.25. The fraction of sp³-hybridized carbons (Fsp3) is 1.00. The smallest absolute Gasteiger partial charge is 0.0589 e. The van der Waals surface area contributed by atoms with E-state index in [1.165, 1.54) is 32.5 Å². The van der Waals surface area contributed by atoms with Crippen molar-refractivity contribution in [3.05, 3.63) is 0 Å². The van der Waals surface area contributed by atoms with Crippen LogP contribution in [-0.2, 0) is 4.74 Å². The monoisotopic (exact) mass is 228 g/mol.